The molecule has 0 fully saturated rings. The number of benzene rings is 2. The lowest BCUT2D eigenvalue weighted by Gasteiger charge is -2.14. The highest BCUT2D eigenvalue weighted by atomic mass is 16.5. The Morgan fingerprint density at radius 3 is 2.38 bits per heavy atom. The number of hydrogen-bond acceptors (Lipinski definition) is 5. The van der Waals surface area contributed by atoms with E-state index in [4.69, 9.17) is 9.47 Å². The third-order valence-corrected chi connectivity index (χ3v) is 4.84. The van der Waals surface area contributed by atoms with Crippen LogP contribution in [0.1, 0.15) is 41.4 Å². The highest BCUT2D eigenvalue weighted by molar-refractivity contribution is 6.10. The molecule has 7 nitrogen and oxygen atoms in total. The summed E-state index contributed by atoms with van der Waals surface area (Å²) in [5, 5.41) is 6.06. The number of nitrogens with one attached hydrogen (secondary N) is 2. The van der Waals surface area contributed by atoms with Gasteiger partial charge < -0.3 is 14.8 Å². The van der Waals surface area contributed by atoms with Crippen molar-refractivity contribution in [1.82, 2.24) is 10.3 Å². The van der Waals surface area contributed by atoms with E-state index in [-0.39, 0.29) is 5.91 Å². The summed E-state index contributed by atoms with van der Waals surface area (Å²) in [7, 11) is 3.08. The fourth-order valence-electron chi connectivity index (χ4n) is 3.01. The first-order chi connectivity index (χ1) is 15.5. The maximum Gasteiger partial charge on any atom is 0.258 e. The summed E-state index contributed by atoms with van der Waals surface area (Å²) < 4.78 is 10.5. The summed E-state index contributed by atoms with van der Waals surface area (Å²) in [6.45, 7) is 4.61. The van der Waals surface area contributed by atoms with Gasteiger partial charge in [-0.3, -0.25) is 15.1 Å². The van der Waals surface area contributed by atoms with Crippen molar-refractivity contribution in [2.24, 2.45) is 4.99 Å². The fraction of sp³-hybridized carbons (Fsp3) is 0.240. The van der Waals surface area contributed by atoms with Crippen LogP contribution in [0.2, 0.25) is 0 Å². The number of rotatable bonds is 7. The number of ether oxygens (including phenoxy) is 2. The van der Waals surface area contributed by atoms with Crippen molar-refractivity contribution < 1.29 is 14.3 Å². The van der Waals surface area contributed by atoms with E-state index in [1.54, 1.807) is 31.5 Å². The minimum atomic E-state index is -0.322. The maximum absolute atomic E-state index is 12.9. The van der Waals surface area contributed by atoms with E-state index in [0.29, 0.717) is 35.5 Å². The number of carbonyl (C=O) groups excluding carboxylic acids is 1. The van der Waals surface area contributed by atoms with E-state index in [1.807, 2.05) is 30.3 Å². The third-order valence-electron chi connectivity index (χ3n) is 4.84. The first-order valence-corrected chi connectivity index (χ1v) is 10.3. The molecule has 0 radical (unpaired) electrons. The molecule has 3 rings (SSSR count). The molecule has 0 bridgehead atoms. The molecule has 0 saturated heterocycles. The molecular formula is C25H28N4O3. The van der Waals surface area contributed by atoms with Gasteiger partial charge in [-0.05, 0) is 53.9 Å². The highest BCUT2D eigenvalue weighted by Gasteiger charge is 2.13. The largest absolute Gasteiger partial charge is 0.493 e. The van der Waals surface area contributed by atoms with Gasteiger partial charge in [0.05, 0.1) is 26.5 Å². The molecule has 2 N–H and O–H groups in total. The first-order valence-electron chi connectivity index (χ1n) is 10.3. The Morgan fingerprint density at radius 1 is 1.00 bits per heavy atom. The molecule has 0 aliphatic carbocycles. The molecule has 0 aliphatic rings. The van der Waals surface area contributed by atoms with Crippen molar-refractivity contribution in [2.45, 2.75) is 26.3 Å². The molecule has 0 unspecified atom stereocenters. The second-order valence-corrected chi connectivity index (χ2v) is 7.41. The highest BCUT2D eigenvalue weighted by Crippen LogP contribution is 2.27. The Kier molecular flexibility index (Phi) is 7.80. The average molecular weight is 433 g/mol. The lowest BCUT2D eigenvalue weighted by atomic mass is 10.0. The van der Waals surface area contributed by atoms with Crippen molar-refractivity contribution in [2.75, 3.05) is 19.5 Å². The summed E-state index contributed by atoms with van der Waals surface area (Å²) in [6, 6.07) is 18.7. The average Bonchev–Trinajstić information content (AvgIpc) is 2.83. The molecule has 7 heteroatoms. The van der Waals surface area contributed by atoms with Crippen molar-refractivity contribution >= 4 is 17.6 Å². The number of anilines is 1. The van der Waals surface area contributed by atoms with E-state index >= 15 is 0 Å². The van der Waals surface area contributed by atoms with Gasteiger partial charge in [0.2, 0.25) is 5.96 Å². The zero-order valence-electron chi connectivity index (χ0n) is 18.8. The van der Waals surface area contributed by atoms with Gasteiger partial charge in [0.1, 0.15) is 0 Å². The maximum atomic E-state index is 12.9. The van der Waals surface area contributed by atoms with Gasteiger partial charge in [0, 0.05) is 17.4 Å². The number of guanidine groups is 1. The number of aliphatic imine (C=N–C) groups is 1. The van der Waals surface area contributed by atoms with E-state index in [1.165, 1.54) is 12.7 Å². The summed E-state index contributed by atoms with van der Waals surface area (Å²) in [6.07, 6.45) is 1.71. The molecule has 1 amide bonds. The summed E-state index contributed by atoms with van der Waals surface area (Å²) in [5.74, 6) is 1.47. The van der Waals surface area contributed by atoms with E-state index in [0.717, 1.165) is 11.4 Å². The molecule has 3 aromatic rings. The lowest BCUT2D eigenvalue weighted by molar-refractivity contribution is 0.0976. The Labute approximate surface area is 188 Å². The second-order valence-electron chi connectivity index (χ2n) is 7.41. The van der Waals surface area contributed by atoms with Crippen molar-refractivity contribution in [1.29, 1.82) is 0 Å². The van der Waals surface area contributed by atoms with Crippen LogP contribution < -0.4 is 20.1 Å². The second kappa shape index (κ2) is 10.9. The van der Waals surface area contributed by atoms with E-state index in [9.17, 15) is 4.79 Å². The van der Waals surface area contributed by atoms with Gasteiger partial charge in [-0.25, -0.2) is 4.99 Å². The summed E-state index contributed by atoms with van der Waals surface area (Å²) >= 11 is 0. The van der Waals surface area contributed by atoms with Gasteiger partial charge in [-0.1, -0.05) is 32.0 Å². The van der Waals surface area contributed by atoms with Crippen molar-refractivity contribution in [3.63, 3.8) is 0 Å². The molecule has 1 aromatic heterocycles. The van der Waals surface area contributed by atoms with Crippen molar-refractivity contribution in [3.05, 3.63) is 83.7 Å². The predicted octanol–water partition coefficient (Wildman–Crippen LogP) is 4.62. The SMILES string of the molecule is COc1ccc(C(=O)NC(=NCc2ccccn2)Nc2ccc(C(C)C)cc2)cc1OC. The number of aromatic nitrogens is 1. The van der Waals surface area contributed by atoms with Crippen LogP contribution in [0.5, 0.6) is 11.5 Å². The normalized spacial score (nSPS) is 11.2. The number of pyridine rings is 1. The molecule has 0 atom stereocenters. The standard InChI is InChI=1S/C25H28N4O3/c1-17(2)18-8-11-20(12-9-18)28-25(27-16-21-7-5-6-14-26-21)29-24(30)19-10-13-22(31-3)23(15-19)32-4/h5-15,17H,16H2,1-4H3,(H2,27,28,29,30). The van der Waals surface area contributed by atoms with E-state index in [2.05, 4.69) is 46.6 Å². The quantitative estimate of drug-likeness (QED) is 0.420. The van der Waals surface area contributed by atoms with Crippen LogP contribution in [0.25, 0.3) is 0 Å². The minimum absolute atomic E-state index is 0.319. The summed E-state index contributed by atoms with van der Waals surface area (Å²) in [4.78, 5) is 21.8. The van der Waals surface area contributed by atoms with Crippen LogP contribution in [0, 0.1) is 0 Å². The molecule has 32 heavy (non-hydrogen) atoms. The number of hydrogen-bond donors (Lipinski definition) is 2. The lowest BCUT2D eigenvalue weighted by Crippen LogP contribution is -2.36. The predicted molar refractivity (Wildman–Crippen MR) is 127 cm³/mol. The Hall–Kier alpha value is -3.87. The van der Waals surface area contributed by atoms with Gasteiger partial charge in [-0.2, -0.15) is 0 Å². The van der Waals surface area contributed by atoms with Crippen molar-refractivity contribution in [3.8, 4) is 11.5 Å². The molecule has 2 aromatic carbocycles. The molecule has 0 saturated carbocycles. The fourth-order valence-corrected chi connectivity index (χ4v) is 3.01. The molecule has 0 spiro atoms. The number of carbonyl (C=O) groups is 1. The monoisotopic (exact) mass is 432 g/mol. The summed E-state index contributed by atoms with van der Waals surface area (Å²) in [5.41, 5.74) is 3.27. The van der Waals surface area contributed by atoms with Crippen LogP contribution in [0.4, 0.5) is 5.69 Å². The zero-order valence-corrected chi connectivity index (χ0v) is 18.8. The Balaban J connectivity index is 1.82. The van der Waals surface area contributed by atoms with E-state index < -0.39 is 0 Å². The molecule has 166 valence electrons. The van der Waals surface area contributed by atoms with Gasteiger partial charge in [0.25, 0.3) is 5.91 Å². The molecule has 0 aliphatic heterocycles. The topological polar surface area (TPSA) is 84.8 Å². The van der Waals surface area contributed by atoms with Crippen LogP contribution in [-0.2, 0) is 6.54 Å². The Bertz CT molecular complexity index is 1060. The van der Waals surface area contributed by atoms with Gasteiger partial charge >= 0.3 is 0 Å². The van der Waals surface area contributed by atoms with Crippen LogP contribution in [-0.4, -0.2) is 31.1 Å². The number of amides is 1. The smallest absolute Gasteiger partial charge is 0.258 e. The van der Waals surface area contributed by atoms with Crippen LogP contribution in [0.15, 0.2) is 71.9 Å². The number of nitrogens with zero attached hydrogens (tertiary/aromatic N) is 2. The number of methoxy groups -OCH3 is 2. The Morgan fingerprint density at radius 2 is 1.75 bits per heavy atom. The van der Waals surface area contributed by atoms with Crippen LogP contribution in [0.3, 0.4) is 0 Å². The molecule has 1 heterocycles. The molecular weight excluding hydrogens is 404 g/mol. The minimum Gasteiger partial charge on any atom is -0.493 e. The van der Waals surface area contributed by atoms with Gasteiger partial charge in [-0.15, -0.1) is 0 Å². The zero-order chi connectivity index (χ0) is 22.9. The first kappa shape index (κ1) is 22.8. The van der Waals surface area contributed by atoms with Gasteiger partial charge in [0.15, 0.2) is 11.5 Å². The third kappa shape index (κ3) is 6.07. The van der Waals surface area contributed by atoms with Crippen LogP contribution >= 0.6 is 0 Å².